The molecule has 1 amide bonds. The number of ketones is 1. The first-order chi connectivity index (χ1) is 16.7. The van der Waals surface area contributed by atoms with Crippen molar-refractivity contribution in [2.75, 3.05) is 32.9 Å². The van der Waals surface area contributed by atoms with Gasteiger partial charge in [0.25, 0.3) is 0 Å². The molecule has 6 atom stereocenters. The van der Waals surface area contributed by atoms with Gasteiger partial charge in [-0.2, -0.15) is 0 Å². The number of fused-ring (bicyclic) bond motifs is 5. The number of hydrogen-bond acceptors (Lipinski definition) is 5. The number of nitrogens with one attached hydrogen (secondary N) is 1. The molecule has 0 aromatic heterocycles. The highest BCUT2D eigenvalue weighted by Gasteiger charge is 2.59. The van der Waals surface area contributed by atoms with Crippen LogP contribution in [-0.4, -0.2) is 55.3 Å². The Bertz CT molecular complexity index is 874. The zero-order valence-corrected chi connectivity index (χ0v) is 22.1. The number of amides is 1. The molecular formula is C28H44FN3O3. The second-order valence-electron chi connectivity index (χ2n) is 11.8. The maximum absolute atomic E-state index is 13.0. The first kappa shape index (κ1) is 26.3. The Morgan fingerprint density at radius 3 is 2.71 bits per heavy atom. The van der Waals surface area contributed by atoms with Gasteiger partial charge >= 0.3 is 6.09 Å². The van der Waals surface area contributed by atoms with Gasteiger partial charge in [0.15, 0.2) is 5.78 Å². The predicted molar refractivity (Wildman–Crippen MR) is 136 cm³/mol. The Hall–Kier alpha value is -1.76. The van der Waals surface area contributed by atoms with Crippen LogP contribution in [-0.2, 0) is 9.63 Å². The van der Waals surface area contributed by atoms with Crippen LogP contribution < -0.4 is 5.32 Å². The van der Waals surface area contributed by atoms with Crippen molar-refractivity contribution in [2.45, 2.75) is 79.1 Å². The summed E-state index contributed by atoms with van der Waals surface area (Å²) in [4.78, 5) is 31.4. The molecule has 0 bridgehead atoms. The number of likely N-dealkylation sites (N-methyl/N-ethyl adjacent to an activating group) is 1. The summed E-state index contributed by atoms with van der Waals surface area (Å²) in [6.45, 7) is 10.1. The van der Waals surface area contributed by atoms with Crippen LogP contribution in [0.15, 0.2) is 16.8 Å². The monoisotopic (exact) mass is 489 g/mol. The number of carbonyl (C=O) groups is 2. The van der Waals surface area contributed by atoms with Crippen molar-refractivity contribution >= 4 is 17.6 Å². The summed E-state index contributed by atoms with van der Waals surface area (Å²) in [6.07, 6.45) is 9.94. The molecule has 0 aromatic carbocycles. The van der Waals surface area contributed by atoms with Crippen LogP contribution in [0.5, 0.6) is 0 Å². The van der Waals surface area contributed by atoms with E-state index in [-0.39, 0.29) is 17.4 Å². The van der Waals surface area contributed by atoms with E-state index < -0.39 is 12.8 Å². The fraction of sp³-hybridized carbons (Fsp3) is 0.821. The molecule has 4 aliphatic carbocycles. The van der Waals surface area contributed by atoms with Crippen molar-refractivity contribution in [3.8, 4) is 0 Å². The van der Waals surface area contributed by atoms with E-state index in [9.17, 15) is 14.0 Å². The summed E-state index contributed by atoms with van der Waals surface area (Å²) in [5.41, 5.74) is 2.64. The van der Waals surface area contributed by atoms with Crippen molar-refractivity contribution < 1.29 is 18.8 Å². The van der Waals surface area contributed by atoms with E-state index in [4.69, 9.17) is 4.84 Å². The van der Waals surface area contributed by atoms with Gasteiger partial charge in [-0.15, -0.1) is 0 Å². The predicted octanol–water partition coefficient (Wildman–Crippen LogP) is 5.53. The molecule has 0 radical (unpaired) electrons. The lowest BCUT2D eigenvalue weighted by atomic mass is 9.46. The van der Waals surface area contributed by atoms with Gasteiger partial charge in [-0.05, 0) is 93.1 Å². The molecule has 7 heteroatoms. The molecule has 0 heterocycles. The highest BCUT2D eigenvalue weighted by Crippen LogP contribution is 2.66. The van der Waals surface area contributed by atoms with Crippen molar-refractivity contribution in [1.82, 2.24) is 10.2 Å². The second-order valence-corrected chi connectivity index (χ2v) is 11.8. The van der Waals surface area contributed by atoms with Gasteiger partial charge in [-0.3, -0.25) is 9.63 Å². The molecule has 3 saturated carbocycles. The molecule has 4 aliphatic rings. The lowest BCUT2D eigenvalue weighted by Gasteiger charge is -2.58. The van der Waals surface area contributed by atoms with Gasteiger partial charge in [0.05, 0.1) is 12.3 Å². The van der Waals surface area contributed by atoms with Gasteiger partial charge in [-0.25, -0.2) is 9.18 Å². The minimum absolute atomic E-state index is 0.0197. The van der Waals surface area contributed by atoms with E-state index in [1.807, 2.05) is 19.9 Å². The van der Waals surface area contributed by atoms with E-state index in [1.54, 1.807) is 0 Å². The molecule has 0 unspecified atom stereocenters. The molecular weight excluding hydrogens is 445 g/mol. The third-order valence-corrected chi connectivity index (χ3v) is 10.2. The number of hydrogen-bond donors (Lipinski definition) is 1. The van der Waals surface area contributed by atoms with Crippen LogP contribution in [0, 0.1) is 34.5 Å². The summed E-state index contributed by atoms with van der Waals surface area (Å²) < 4.78 is 13.0. The summed E-state index contributed by atoms with van der Waals surface area (Å²) >= 11 is 0. The van der Waals surface area contributed by atoms with Gasteiger partial charge in [0.1, 0.15) is 6.67 Å². The number of alkyl halides is 1. The average molecular weight is 490 g/mol. The average Bonchev–Trinajstić information content (AvgIpc) is 3.19. The molecule has 4 rings (SSSR count). The van der Waals surface area contributed by atoms with Crippen LogP contribution in [0.25, 0.3) is 0 Å². The topological polar surface area (TPSA) is 71.0 Å². The quantitative estimate of drug-likeness (QED) is 0.211. The maximum Gasteiger partial charge on any atom is 0.436 e. The van der Waals surface area contributed by atoms with E-state index >= 15 is 0 Å². The van der Waals surface area contributed by atoms with Gasteiger partial charge in [-0.1, -0.05) is 31.5 Å². The first-order valence-corrected chi connectivity index (χ1v) is 13.8. The summed E-state index contributed by atoms with van der Waals surface area (Å²) in [5, 5.41) is 7.46. The Labute approximate surface area is 210 Å². The van der Waals surface area contributed by atoms with E-state index in [2.05, 4.69) is 24.3 Å². The van der Waals surface area contributed by atoms with Gasteiger partial charge < -0.3 is 10.2 Å². The normalized spacial score (nSPS) is 36.7. The smallest absolute Gasteiger partial charge is 0.315 e. The van der Waals surface area contributed by atoms with Crippen LogP contribution in [0.2, 0.25) is 0 Å². The fourth-order valence-electron chi connectivity index (χ4n) is 8.27. The Morgan fingerprint density at radius 2 is 1.97 bits per heavy atom. The number of oxime groups is 1. The van der Waals surface area contributed by atoms with E-state index in [1.165, 1.54) is 29.7 Å². The summed E-state index contributed by atoms with van der Waals surface area (Å²) in [6, 6.07) is 0. The molecule has 196 valence electrons. The SMILES string of the molecule is CCNCCN(CCF)C(=O)O/N=C(\C)[C@H]1CC[C@H]2[C@@H]3CCC4=CC(=O)CC[C@]4(C)[C@H]3CC[C@]12C. The van der Waals surface area contributed by atoms with Crippen LogP contribution >= 0.6 is 0 Å². The largest absolute Gasteiger partial charge is 0.436 e. The minimum atomic E-state index is -0.598. The fourth-order valence-corrected chi connectivity index (χ4v) is 8.27. The Kier molecular flexibility index (Phi) is 8.04. The van der Waals surface area contributed by atoms with Crippen molar-refractivity contribution in [2.24, 2.45) is 39.7 Å². The van der Waals surface area contributed by atoms with Crippen molar-refractivity contribution in [3.63, 3.8) is 0 Å². The molecule has 6 nitrogen and oxygen atoms in total. The minimum Gasteiger partial charge on any atom is -0.315 e. The molecule has 1 N–H and O–H groups in total. The summed E-state index contributed by atoms with van der Waals surface area (Å²) in [5.74, 6) is 2.61. The van der Waals surface area contributed by atoms with Crippen LogP contribution in [0.4, 0.5) is 9.18 Å². The molecule has 35 heavy (non-hydrogen) atoms. The third kappa shape index (κ3) is 4.94. The number of nitrogens with zero attached hydrogens (tertiary/aromatic N) is 2. The maximum atomic E-state index is 13.0. The number of halogens is 1. The van der Waals surface area contributed by atoms with Crippen LogP contribution in [0.1, 0.15) is 79.1 Å². The highest BCUT2D eigenvalue weighted by molar-refractivity contribution is 5.91. The second kappa shape index (κ2) is 10.7. The highest BCUT2D eigenvalue weighted by atomic mass is 19.1. The van der Waals surface area contributed by atoms with Gasteiger partial charge in [0, 0.05) is 25.4 Å². The van der Waals surface area contributed by atoms with Gasteiger partial charge in [0.2, 0.25) is 0 Å². The molecule has 0 spiro atoms. The first-order valence-electron chi connectivity index (χ1n) is 13.8. The number of rotatable bonds is 8. The van der Waals surface area contributed by atoms with E-state index in [0.29, 0.717) is 49.0 Å². The zero-order chi connectivity index (χ0) is 25.2. The number of allylic oxidation sites excluding steroid dienone is 1. The Morgan fingerprint density at radius 1 is 1.17 bits per heavy atom. The molecule has 3 fully saturated rings. The molecule has 0 aromatic rings. The standard InChI is InChI=1S/C28H44FN3O3/c1-5-30-15-17-32(16-14-29)26(34)35-31-19(2)23-8-9-24-22-7-6-20-18-21(33)10-12-27(20,3)25(22)11-13-28(23,24)4/h18,22-25,30H,5-17H2,1-4H3/b31-19+/t22-,23+,24-,25-,27-,28+/m0/s1. The van der Waals surface area contributed by atoms with Crippen LogP contribution in [0.3, 0.4) is 0 Å². The third-order valence-electron chi connectivity index (χ3n) is 10.2. The Balaban J connectivity index is 1.43. The summed E-state index contributed by atoms with van der Waals surface area (Å²) in [7, 11) is 0. The molecule has 0 aliphatic heterocycles. The van der Waals surface area contributed by atoms with Crippen molar-refractivity contribution in [1.29, 1.82) is 0 Å². The zero-order valence-electron chi connectivity index (χ0n) is 22.1. The lowest BCUT2D eigenvalue weighted by Crippen LogP contribution is -2.51. The number of carbonyl (C=O) groups excluding carboxylic acids is 2. The van der Waals surface area contributed by atoms with E-state index in [0.717, 1.165) is 37.9 Å². The molecule has 0 saturated heterocycles. The lowest BCUT2D eigenvalue weighted by molar-refractivity contribution is -0.117. The van der Waals surface area contributed by atoms with Crippen molar-refractivity contribution in [3.05, 3.63) is 11.6 Å².